The van der Waals surface area contributed by atoms with Gasteiger partial charge in [0.1, 0.15) is 6.04 Å². The average molecular weight is 370 g/mol. The van der Waals surface area contributed by atoms with E-state index < -0.39 is 17.4 Å². The summed E-state index contributed by atoms with van der Waals surface area (Å²) >= 11 is 1.30. The molecule has 25 heavy (non-hydrogen) atoms. The highest BCUT2D eigenvalue weighted by Crippen LogP contribution is 2.25. The number of nitrogens with two attached hydrogens (primary N) is 1. The van der Waals surface area contributed by atoms with E-state index in [1.54, 1.807) is 11.6 Å². The number of anilines is 1. The van der Waals surface area contributed by atoms with Crippen molar-refractivity contribution in [3.63, 3.8) is 0 Å². The van der Waals surface area contributed by atoms with E-state index in [0.717, 1.165) is 0 Å². The summed E-state index contributed by atoms with van der Waals surface area (Å²) in [5.74, 6) is -1.20. The van der Waals surface area contributed by atoms with Crippen molar-refractivity contribution in [1.82, 2.24) is 9.88 Å². The Morgan fingerprint density at radius 1 is 1.36 bits per heavy atom. The molecule has 9 heteroatoms. The van der Waals surface area contributed by atoms with Crippen LogP contribution in [0, 0.1) is 5.41 Å². The summed E-state index contributed by atoms with van der Waals surface area (Å²) < 4.78 is 5.03. The summed E-state index contributed by atoms with van der Waals surface area (Å²) in [6, 6.07) is -0.780. The largest absolute Gasteiger partial charge is 0.383 e. The molecule has 0 saturated heterocycles. The summed E-state index contributed by atoms with van der Waals surface area (Å²) in [5, 5.41) is 4.85. The van der Waals surface area contributed by atoms with Crippen molar-refractivity contribution in [1.29, 1.82) is 0 Å². The second-order valence-corrected chi connectivity index (χ2v) is 7.53. The zero-order chi connectivity index (χ0) is 19.0. The molecular weight excluding hydrogens is 344 g/mol. The van der Waals surface area contributed by atoms with Crippen molar-refractivity contribution in [2.45, 2.75) is 39.7 Å². The fourth-order valence-electron chi connectivity index (χ4n) is 2.47. The Balaban J connectivity index is 2.75. The molecule has 0 bridgehead atoms. The van der Waals surface area contributed by atoms with Crippen molar-refractivity contribution >= 4 is 34.2 Å². The van der Waals surface area contributed by atoms with Crippen molar-refractivity contribution in [2.75, 3.05) is 25.6 Å². The Bertz CT molecular complexity index is 583. The first-order valence-electron chi connectivity index (χ1n) is 7.94. The molecule has 1 unspecified atom stereocenters. The van der Waals surface area contributed by atoms with Crippen molar-refractivity contribution in [2.24, 2.45) is 11.1 Å². The SMILES string of the molecule is COCCN(C(=O)CCC(=O)Nc1nccs1)C(C(N)=O)C(C)(C)C. The topological polar surface area (TPSA) is 115 Å². The molecular formula is C16H26N4O4S. The van der Waals surface area contributed by atoms with Crippen LogP contribution in [0.2, 0.25) is 0 Å². The number of nitrogens with zero attached hydrogens (tertiary/aromatic N) is 2. The van der Waals surface area contributed by atoms with Gasteiger partial charge in [-0.3, -0.25) is 14.4 Å². The van der Waals surface area contributed by atoms with Gasteiger partial charge in [0, 0.05) is 38.1 Å². The number of thiazole rings is 1. The molecule has 0 aliphatic heterocycles. The summed E-state index contributed by atoms with van der Waals surface area (Å²) in [7, 11) is 1.51. The molecule has 8 nitrogen and oxygen atoms in total. The van der Waals surface area contributed by atoms with Crippen LogP contribution in [0.4, 0.5) is 5.13 Å². The predicted octanol–water partition coefficient (Wildman–Crippen LogP) is 1.24. The van der Waals surface area contributed by atoms with Gasteiger partial charge in [0.25, 0.3) is 0 Å². The van der Waals surface area contributed by atoms with Gasteiger partial charge in [-0.05, 0) is 5.41 Å². The van der Waals surface area contributed by atoms with Crippen LogP contribution in [0.25, 0.3) is 0 Å². The second-order valence-electron chi connectivity index (χ2n) is 6.64. The average Bonchev–Trinajstić information content (AvgIpc) is 2.99. The number of primary amides is 1. The van der Waals surface area contributed by atoms with E-state index in [4.69, 9.17) is 10.5 Å². The molecule has 0 aliphatic carbocycles. The number of hydrogen-bond acceptors (Lipinski definition) is 6. The number of nitrogens with one attached hydrogen (secondary N) is 1. The van der Waals surface area contributed by atoms with E-state index in [2.05, 4.69) is 10.3 Å². The minimum atomic E-state index is -0.780. The van der Waals surface area contributed by atoms with Crippen LogP contribution < -0.4 is 11.1 Å². The first-order chi connectivity index (χ1) is 11.7. The molecule has 1 rings (SSSR count). The Kier molecular flexibility index (Phi) is 7.98. The number of carbonyl (C=O) groups is 3. The number of methoxy groups -OCH3 is 1. The highest BCUT2D eigenvalue weighted by Gasteiger charge is 2.37. The molecule has 0 aliphatic rings. The quantitative estimate of drug-likeness (QED) is 0.679. The first kappa shape index (κ1) is 21.0. The Morgan fingerprint density at radius 2 is 2.04 bits per heavy atom. The Labute approximate surface area is 151 Å². The highest BCUT2D eigenvalue weighted by molar-refractivity contribution is 7.13. The summed E-state index contributed by atoms with van der Waals surface area (Å²) in [5.41, 5.74) is 4.99. The lowest BCUT2D eigenvalue weighted by atomic mass is 9.85. The number of amides is 3. The normalized spacial score (nSPS) is 12.5. The number of carbonyl (C=O) groups excluding carboxylic acids is 3. The third-order valence-corrected chi connectivity index (χ3v) is 4.19. The van der Waals surface area contributed by atoms with E-state index >= 15 is 0 Å². The third-order valence-electron chi connectivity index (χ3n) is 3.50. The van der Waals surface area contributed by atoms with E-state index in [0.29, 0.717) is 5.13 Å². The molecule has 1 atom stereocenters. The van der Waals surface area contributed by atoms with Crippen LogP contribution in [0.1, 0.15) is 33.6 Å². The maximum absolute atomic E-state index is 12.6. The van der Waals surface area contributed by atoms with Crippen LogP contribution in [-0.4, -0.2) is 53.9 Å². The van der Waals surface area contributed by atoms with E-state index in [1.807, 2.05) is 20.8 Å². The molecule has 0 aromatic carbocycles. The first-order valence-corrected chi connectivity index (χ1v) is 8.82. The molecule has 0 radical (unpaired) electrons. The van der Waals surface area contributed by atoms with Gasteiger partial charge in [0.05, 0.1) is 6.61 Å². The van der Waals surface area contributed by atoms with Crippen LogP contribution in [-0.2, 0) is 19.1 Å². The van der Waals surface area contributed by atoms with E-state index in [9.17, 15) is 14.4 Å². The van der Waals surface area contributed by atoms with Gasteiger partial charge < -0.3 is 20.7 Å². The Hall–Kier alpha value is -2.00. The Morgan fingerprint density at radius 3 is 2.52 bits per heavy atom. The lowest BCUT2D eigenvalue weighted by Gasteiger charge is -2.38. The third kappa shape index (κ3) is 6.79. The van der Waals surface area contributed by atoms with Crippen molar-refractivity contribution < 1.29 is 19.1 Å². The summed E-state index contributed by atoms with van der Waals surface area (Å²) in [6.45, 7) is 6.02. The number of rotatable bonds is 9. The van der Waals surface area contributed by atoms with E-state index in [1.165, 1.54) is 23.3 Å². The van der Waals surface area contributed by atoms with Gasteiger partial charge in [0.2, 0.25) is 17.7 Å². The van der Waals surface area contributed by atoms with Crippen molar-refractivity contribution in [3.8, 4) is 0 Å². The molecule has 3 amide bonds. The van der Waals surface area contributed by atoms with Crippen LogP contribution in [0.5, 0.6) is 0 Å². The van der Waals surface area contributed by atoms with Crippen LogP contribution in [0.15, 0.2) is 11.6 Å². The van der Waals surface area contributed by atoms with Gasteiger partial charge in [-0.1, -0.05) is 20.8 Å². The molecule has 140 valence electrons. The van der Waals surface area contributed by atoms with Crippen LogP contribution >= 0.6 is 11.3 Å². The van der Waals surface area contributed by atoms with Gasteiger partial charge in [-0.25, -0.2) is 4.98 Å². The number of hydrogen-bond donors (Lipinski definition) is 2. The molecule has 3 N–H and O–H groups in total. The smallest absolute Gasteiger partial charge is 0.240 e. The minimum Gasteiger partial charge on any atom is -0.383 e. The lowest BCUT2D eigenvalue weighted by molar-refractivity contribution is -0.144. The molecule has 1 aromatic heterocycles. The molecule has 0 fully saturated rings. The number of aromatic nitrogens is 1. The maximum atomic E-state index is 12.6. The monoisotopic (exact) mass is 370 g/mol. The van der Waals surface area contributed by atoms with Crippen molar-refractivity contribution in [3.05, 3.63) is 11.6 Å². The zero-order valence-electron chi connectivity index (χ0n) is 15.1. The van der Waals surface area contributed by atoms with Gasteiger partial charge in [0.15, 0.2) is 5.13 Å². The number of ether oxygens (including phenoxy) is 1. The fraction of sp³-hybridized carbons (Fsp3) is 0.625. The van der Waals surface area contributed by atoms with Gasteiger partial charge in [-0.2, -0.15) is 0 Å². The van der Waals surface area contributed by atoms with Gasteiger partial charge >= 0.3 is 0 Å². The molecule has 1 heterocycles. The van der Waals surface area contributed by atoms with Crippen LogP contribution in [0.3, 0.4) is 0 Å². The van der Waals surface area contributed by atoms with Gasteiger partial charge in [-0.15, -0.1) is 11.3 Å². The summed E-state index contributed by atoms with van der Waals surface area (Å²) in [4.78, 5) is 41.8. The predicted molar refractivity (Wildman–Crippen MR) is 96.0 cm³/mol. The molecule has 0 spiro atoms. The minimum absolute atomic E-state index is 0.00246. The maximum Gasteiger partial charge on any atom is 0.240 e. The van der Waals surface area contributed by atoms with E-state index in [-0.39, 0.29) is 37.8 Å². The molecule has 1 aromatic rings. The summed E-state index contributed by atoms with van der Waals surface area (Å²) in [6.07, 6.45) is 1.55. The second kappa shape index (κ2) is 9.47. The molecule has 0 saturated carbocycles. The lowest BCUT2D eigenvalue weighted by Crippen LogP contribution is -2.55. The highest BCUT2D eigenvalue weighted by atomic mass is 32.1. The standard InChI is InChI=1S/C16H26N4O4S/c1-16(2,3)13(14(17)23)20(8-9-24-4)12(22)6-5-11(21)19-15-18-7-10-25-15/h7,10,13H,5-6,8-9H2,1-4H3,(H2,17,23)(H,18,19,21). The fourth-order valence-corrected chi connectivity index (χ4v) is 3.01. The zero-order valence-corrected chi connectivity index (χ0v) is 15.9.